The summed E-state index contributed by atoms with van der Waals surface area (Å²) in [6.45, 7) is 9.36. The van der Waals surface area contributed by atoms with E-state index in [1.165, 1.54) is 23.1 Å². The topological polar surface area (TPSA) is 0 Å². The van der Waals surface area contributed by atoms with Gasteiger partial charge in [0.15, 0.2) is 0 Å². The van der Waals surface area contributed by atoms with Gasteiger partial charge in [0.2, 0.25) is 0 Å². The molecule has 0 saturated heterocycles. The van der Waals surface area contributed by atoms with Crippen molar-refractivity contribution in [1.29, 1.82) is 0 Å². The van der Waals surface area contributed by atoms with Crippen LogP contribution < -0.4 is 28.1 Å². The maximum absolute atomic E-state index is 2.56. The van der Waals surface area contributed by atoms with Crippen LogP contribution in [0.25, 0.3) is 11.1 Å². The Hall–Kier alpha value is -0.617. The normalized spacial score (nSPS) is 17.0. The van der Waals surface area contributed by atoms with Crippen LogP contribution in [0.3, 0.4) is 0 Å². The summed E-state index contributed by atoms with van der Waals surface area (Å²) in [5.74, 6) is 0.681. The molecule has 0 aromatic heterocycles. The molecule has 0 radical (unpaired) electrons. The molecule has 2 aliphatic carbocycles. The van der Waals surface area contributed by atoms with Crippen LogP contribution in [0.1, 0.15) is 45.2 Å². The van der Waals surface area contributed by atoms with Crippen LogP contribution in [0.15, 0.2) is 63.5 Å². The Morgan fingerprint density at radius 2 is 1.67 bits per heavy atom. The molecule has 1 atom stereocenters. The van der Waals surface area contributed by atoms with Gasteiger partial charge in [0.25, 0.3) is 0 Å². The Balaban J connectivity index is 0.00000131. The van der Waals surface area contributed by atoms with E-state index in [0.29, 0.717) is 5.92 Å². The van der Waals surface area contributed by atoms with E-state index in [4.69, 9.17) is 0 Å². The Morgan fingerprint density at radius 3 is 2.37 bits per heavy atom. The average molecular weight is 477 g/mol. The standard InChI is InChI=1S/C13H9.C11H17.2ClH.Zr/c1-3-7-12-10(5-1)9-11-6-2-4-8-13(11)12;1-5-9-6-7-10(8-9)11(2,3)4;;;/h1-5,7-8H,9H2;7-9H,5H2,1-4H3;2*1H;/q;;;;+2/p-2. The minimum absolute atomic E-state index is 0. The first-order valence-corrected chi connectivity index (χ1v) is 11.8. The van der Waals surface area contributed by atoms with Crippen molar-refractivity contribution < 1.29 is 48.0 Å². The largest absolute Gasteiger partial charge is 1.00 e. The summed E-state index contributed by atoms with van der Waals surface area (Å²) in [7, 11) is 0. The molecule has 2 aromatic rings. The monoisotopic (exact) mass is 474 g/mol. The molecule has 1 unspecified atom stereocenters. The molecular weight excluding hydrogens is 450 g/mol. The number of allylic oxidation sites excluding steroid dienone is 4. The second-order valence-electron chi connectivity index (χ2n) is 8.28. The van der Waals surface area contributed by atoms with E-state index >= 15 is 0 Å². The molecule has 0 bridgehead atoms. The van der Waals surface area contributed by atoms with Gasteiger partial charge in [0.05, 0.1) is 0 Å². The molecule has 0 nitrogen and oxygen atoms in total. The molecule has 0 N–H and O–H groups in total. The Morgan fingerprint density at radius 1 is 0.963 bits per heavy atom. The van der Waals surface area contributed by atoms with E-state index in [0.717, 1.165) is 6.42 Å². The predicted molar refractivity (Wildman–Crippen MR) is 104 cm³/mol. The van der Waals surface area contributed by atoms with Gasteiger partial charge < -0.3 is 24.8 Å². The van der Waals surface area contributed by atoms with Crippen molar-refractivity contribution in [2.24, 2.45) is 11.3 Å². The summed E-state index contributed by atoms with van der Waals surface area (Å²) in [6.07, 6.45) is 7.48. The first-order chi connectivity index (χ1) is 12.0. The molecule has 0 amide bonds. The van der Waals surface area contributed by atoms with Gasteiger partial charge in [-0.3, -0.25) is 0 Å². The molecule has 27 heavy (non-hydrogen) atoms. The first-order valence-electron chi connectivity index (χ1n) is 9.38. The van der Waals surface area contributed by atoms with Gasteiger partial charge in [-0.2, -0.15) is 0 Å². The third kappa shape index (κ3) is 4.37. The van der Waals surface area contributed by atoms with E-state index in [2.05, 4.69) is 82.3 Å². The molecule has 4 rings (SSSR count). The van der Waals surface area contributed by atoms with Crippen LogP contribution in [0.5, 0.6) is 0 Å². The number of hydrogen-bond acceptors (Lipinski definition) is 0. The van der Waals surface area contributed by atoms with Gasteiger partial charge in [0, 0.05) is 0 Å². The first kappa shape index (κ1) is 22.7. The number of fused-ring (bicyclic) bond motifs is 3. The summed E-state index contributed by atoms with van der Waals surface area (Å²) >= 11 is -0.746. The van der Waals surface area contributed by atoms with Crippen LogP contribution in [0.4, 0.5) is 0 Å². The van der Waals surface area contributed by atoms with Gasteiger partial charge >= 0.3 is 164 Å². The number of benzene rings is 2. The fraction of sp³-hybridized carbons (Fsp3) is 0.333. The molecule has 0 saturated carbocycles. The molecule has 0 spiro atoms. The zero-order valence-corrected chi connectivity index (χ0v) is 20.4. The number of hydrogen-bond donors (Lipinski definition) is 0. The molecule has 3 heteroatoms. The molecule has 0 fully saturated rings. The molecule has 2 aromatic carbocycles. The van der Waals surface area contributed by atoms with Crippen LogP contribution >= 0.6 is 0 Å². The predicted octanol–water partition coefficient (Wildman–Crippen LogP) is -0.130. The van der Waals surface area contributed by atoms with Crippen LogP contribution in [0, 0.1) is 11.3 Å². The van der Waals surface area contributed by atoms with Gasteiger partial charge in [0.1, 0.15) is 0 Å². The zero-order chi connectivity index (χ0) is 17.6. The second kappa shape index (κ2) is 8.81. The minimum atomic E-state index is -0.746. The molecule has 0 heterocycles. The Bertz CT molecular complexity index is 887. The van der Waals surface area contributed by atoms with Gasteiger partial charge in [-0.1, -0.05) is 0 Å². The summed E-state index contributed by atoms with van der Waals surface area (Å²) < 4.78 is 3.45. The summed E-state index contributed by atoms with van der Waals surface area (Å²) in [4.78, 5) is 0. The number of halogens is 2. The fourth-order valence-corrected chi connectivity index (χ4v) is 7.84. The minimum Gasteiger partial charge on any atom is -1.00 e. The average Bonchev–Trinajstić information content (AvgIpc) is 3.16. The maximum atomic E-state index is 2.56. The van der Waals surface area contributed by atoms with Gasteiger partial charge in [-0.15, -0.1) is 0 Å². The van der Waals surface area contributed by atoms with E-state index in [1.54, 1.807) is 17.7 Å². The smallest absolute Gasteiger partial charge is 1.00 e. The van der Waals surface area contributed by atoms with Crippen molar-refractivity contribution in [3.05, 3.63) is 74.6 Å². The molecule has 2 aliphatic rings. The third-order valence-corrected chi connectivity index (χ3v) is 9.32. The van der Waals surface area contributed by atoms with Crippen molar-refractivity contribution in [2.45, 2.75) is 40.5 Å². The SMILES string of the molecule is CCC1C=C(C(C)(C)C)C=[C]1[Zr+2][c]1cccc2c1Cc1ccccc1-2.[Cl-].[Cl-]. The van der Waals surface area contributed by atoms with Crippen LogP contribution in [-0.4, -0.2) is 0 Å². The molecular formula is C24H26Cl2Zr. The summed E-state index contributed by atoms with van der Waals surface area (Å²) in [6, 6.07) is 16.0. The van der Waals surface area contributed by atoms with E-state index in [9.17, 15) is 0 Å². The van der Waals surface area contributed by atoms with Crippen molar-refractivity contribution >= 4 is 3.27 Å². The number of rotatable bonds is 3. The van der Waals surface area contributed by atoms with E-state index in [1.807, 2.05) is 0 Å². The van der Waals surface area contributed by atoms with Crippen LogP contribution in [-0.2, 0) is 29.7 Å². The van der Waals surface area contributed by atoms with E-state index in [-0.39, 0.29) is 30.2 Å². The summed E-state index contributed by atoms with van der Waals surface area (Å²) in [5.41, 5.74) is 7.89. The Kier molecular flexibility index (Phi) is 7.40. The van der Waals surface area contributed by atoms with Crippen molar-refractivity contribution in [1.82, 2.24) is 0 Å². The van der Waals surface area contributed by atoms with Gasteiger partial charge in [-0.25, -0.2) is 0 Å². The fourth-order valence-electron chi connectivity index (χ4n) is 3.99. The van der Waals surface area contributed by atoms with Crippen molar-refractivity contribution in [3.63, 3.8) is 0 Å². The summed E-state index contributed by atoms with van der Waals surface area (Å²) in [5, 5.41) is 0. The van der Waals surface area contributed by atoms with Gasteiger partial charge in [-0.05, 0) is 0 Å². The third-order valence-electron chi connectivity index (χ3n) is 5.53. The maximum Gasteiger partial charge on any atom is -1.00 e. The zero-order valence-electron chi connectivity index (χ0n) is 16.4. The van der Waals surface area contributed by atoms with Crippen LogP contribution in [0.2, 0.25) is 0 Å². The second-order valence-corrected chi connectivity index (χ2v) is 11.6. The van der Waals surface area contributed by atoms with Crippen molar-refractivity contribution in [2.75, 3.05) is 0 Å². The molecule has 0 aliphatic heterocycles. The van der Waals surface area contributed by atoms with E-state index < -0.39 is 23.2 Å². The quantitative estimate of drug-likeness (QED) is 0.494. The molecule has 140 valence electrons. The Labute approximate surface area is 187 Å². The van der Waals surface area contributed by atoms with Crippen molar-refractivity contribution in [3.8, 4) is 11.1 Å².